The smallest absolute Gasteiger partial charge is 0.307 e. The Balaban J connectivity index is 1.77. The summed E-state index contributed by atoms with van der Waals surface area (Å²) in [6.45, 7) is 3.48. The lowest BCUT2D eigenvalue weighted by atomic mass is 10.2. The van der Waals surface area contributed by atoms with Gasteiger partial charge in [0.15, 0.2) is 6.10 Å². The van der Waals surface area contributed by atoms with E-state index < -0.39 is 28.0 Å². The van der Waals surface area contributed by atoms with Crippen molar-refractivity contribution in [2.24, 2.45) is 5.14 Å². The first-order chi connectivity index (χ1) is 13.1. The summed E-state index contributed by atoms with van der Waals surface area (Å²) in [4.78, 5) is 25.0. The van der Waals surface area contributed by atoms with Crippen molar-refractivity contribution in [2.75, 3.05) is 11.1 Å². The number of amides is 1. The second kappa shape index (κ2) is 9.72. The Bertz CT molecular complexity index is 926. The molecule has 2 aromatic carbocycles. The van der Waals surface area contributed by atoms with Crippen molar-refractivity contribution in [1.82, 2.24) is 0 Å². The molecule has 3 N–H and O–H groups in total. The van der Waals surface area contributed by atoms with Gasteiger partial charge in [0.2, 0.25) is 10.0 Å². The van der Waals surface area contributed by atoms with Gasteiger partial charge in [0.05, 0.1) is 11.3 Å². The van der Waals surface area contributed by atoms with E-state index in [0.717, 1.165) is 4.90 Å². The first-order valence-electron chi connectivity index (χ1n) is 8.48. The number of benzene rings is 2. The quantitative estimate of drug-likeness (QED) is 0.499. The molecule has 0 spiro atoms. The zero-order valence-corrected chi connectivity index (χ0v) is 17.2. The lowest BCUT2D eigenvalue weighted by Crippen LogP contribution is -2.30. The van der Waals surface area contributed by atoms with Crippen molar-refractivity contribution in [2.45, 2.75) is 36.2 Å². The van der Waals surface area contributed by atoms with Crippen molar-refractivity contribution in [3.63, 3.8) is 0 Å². The molecule has 0 unspecified atom stereocenters. The van der Waals surface area contributed by atoms with Crippen molar-refractivity contribution in [1.29, 1.82) is 0 Å². The van der Waals surface area contributed by atoms with Crippen molar-refractivity contribution >= 4 is 39.3 Å². The molecule has 0 saturated heterocycles. The van der Waals surface area contributed by atoms with E-state index in [4.69, 9.17) is 9.88 Å². The molecule has 0 aliphatic rings. The van der Waals surface area contributed by atoms with Crippen LogP contribution in [0.1, 0.15) is 18.9 Å². The Labute approximate surface area is 168 Å². The molecule has 1 amide bonds. The van der Waals surface area contributed by atoms with Gasteiger partial charge in [0, 0.05) is 16.3 Å². The van der Waals surface area contributed by atoms with E-state index in [9.17, 15) is 18.0 Å². The standard InChI is InChI=1S/C19H22N2O5S2/c1-13-3-7-16(8-4-13)27-12-11-18(22)26-14(2)19(23)21-15-5-9-17(10-6-15)28(20,24)25/h3-10,14H,11-12H2,1-2H3,(H,21,23)(H2,20,24,25)/t14-/m1/s1. The molecule has 0 aliphatic carbocycles. The number of rotatable bonds is 8. The number of anilines is 1. The van der Waals surface area contributed by atoms with Gasteiger partial charge >= 0.3 is 5.97 Å². The molecule has 0 bridgehead atoms. The fraction of sp³-hybridized carbons (Fsp3) is 0.263. The van der Waals surface area contributed by atoms with Crippen LogP contribution in [0.2, 0.25) is 0 Å². The van der Waals surface area contributed by atoms with E-state index in [1.807, 2.05) is 31.2 Å². The fourth-order valence-corrected chi connectivity index (χ4v) is 3.52. The van der Waals surface area contributed by atoms with E-state index in [1.165, 1.54) is 48.5 Å². The van der Waals surface area contributed by atoms with Gasteiger partial charge in [-0.25, -0.2) is 13.6 Å². The lowest BCUT2D eigenvalue weighted by Gasteiger charge is -2.13. The number of hydrogen-bond acceptors (Lipinski definition) is 6. The number of nitrogens with one attached hydrogen (secondary N) is 1. The maximum atomic E-state index is 12.1. The number of primary sulfonamides is 1. The lowest BCUT2D eigenvalue weighted by molar-refractivity contribution is -0.152. The van der Waals surface area contributed by atoms with Gasteiger partial charge in [-0.3, -0.25) is 9.59 Å². The molecule has 0 radical (unpaired) electrons. The SMILES string of the molecule is Cc1ccc(SCCC(=O)O[C@H](C)C(=O)Nc2ccc(S(N)(=O)=O)cc2)cc1. The maximum absolute atomic E-state index is 12.1. The fourth-order valence-electron chi connectivity index (χ4n) is 2.17. The minimum absolute atomic E-state index is 0.0592. The van der Waals surface area contributed by atoms with Crippen LogP contribution in [0.25, 0.3) is 0 Å². The number of carbonyl (C=O) groups is 2. The normalized spacial score (nSPS) is 12.2. The van der Waals surface area contributed by atoms with Crippen molar-refractivity contribution < 1.29 is 22.7 Å². The summed E-state index contributed by atoms with van der Waals surface area (Å²) in [5, 5.41) is 7.58. The molecule has 0 aromatic heterocycles. The predicted molar refractivity (Wildman–Crippen MR) is 109 cm³/mol. The molecule has 150 valence electrons. The molecular formula is C19H22N2O5S2. The molecule has 0 heterocycles. The highest BCUT2D eigenvalue weighted by Crippen LogP contribution is 2.19. The van der Waals surface area contributed by atoms with Gasteiger partial charge in [-0.05, 0) is 50.2 Å². The molecule has 9 heteroatoms. The Morgan fingerprint density at radius 2 is 1.71 bits per heavy atom. The monoisotopic (exact) mass is 422 g/mol. The van der Waals surface area contributed by atoms with Gasteiger partial charge < -0.3 is 10.1 Å². The van der Waals surface area contributed by atoms with Gasteiger partial charge in [-0.15, -0.1) is 11.8 Å². The van der Waals surface area contributed by atoms with E-state index in [-0.39, 0.29) is 11.3 Å². The minimum Gasteiger partial charge on any atom is -0.453 e. The highest BCUT2D eigenvalue weighted by molar-refractivity contribution is 7.99. The Kier molecular flexibility index (Phi) is 7.61. The number of carbonyl (C=O) groups excluding carboxylic acids is 2. The molecule has 28 heavy (non-hydrogen) atoms. The third kappa shape index (κ3) is 6.99. The first kappa shape index (κ1) is 21.9. The third-order valence-electron chi connectivity index (χ3n) is 3.72. The number of ether oxygens (including phenoxy) is 1. The number of sulfonamides is 1. The Morgan fingerprint density at radius 1 is 1.11 bits per heavy atom. The zero-order chi connectivity index (χ0) is 20.7. The minimum atomic E-state index is -3.80. The highest BCUT2D eigenvalue weighted by Gasteiger charge is 2.18. The molecule has 0 aliphatic heterocycles. The predicted octanol–water partition coefficient (Wildman–Crippen LogP) is 2.70. The van der Waals surface area contributed by atoms with Crippen LogP contribution in [0.5, 0.6) is 0 Å². The molecule has 2 aromatic rings. The van der Waals surface area contributed by atoms with E-state index in [2.05, 4.69) is 5.32 Å². The number of hydrogen-bond donors (Lipinski definition) is 2. The molecule has 1 atom stereocenters. The average molecular weight is 423 g/mol. The maximum Gasteiger partial charge on any atom is 0.307 e. The summed E-state index contributed by atoms with van der Waals surface area (Å²) >= 11 is 1.54. The van der Waals surface area contributed by atoms with Gasteiger partial charge in [0.1, 0.15) is 0 Å². The second-order valence-corrected chi connectivity index (χ2v) is 8.83. The summed E-state index contributed by atoms with van der Waals surface area (Å²) in [5.41, 5.74) is 1.54. The van der Waals surface area contributed by atoms with E-state index in [1.54, 1.807) is 0 Å². The number of thioether (sulfide) groups is 1. The molecular weight excluding hydrogens is 400 g/mol. The van der Waals surface area contributed by atoms with Crippen molar-refractivity contribution in [3.8, 4) is 0 Å². The first-order valence-corrected chi connectivity index (χ1v) is 11.0. The van der Waals surface area contributed by atoms with Crippen LogP contribution < -0.4 is 10.5 Å². The van der Waals surface area contributed by atoms with Gasteiger partial charge in [-0.1, -0.05) is 17.7 Å². The summed E-state index contributed by atoms with van der Waals surface area (Å²) < 4.78 is 27.6. The largest absolute Gasteiger partial charge is 0.453 e. The van der Waals surface area contributed by atoms with Crippen LogP contribution in [0.15, 0.2) is 58.3 Å². The van der Waals surface area contributed by atoms with Crippen LogP contribution in [0.4, 0.5) is 5.69 Å². The summed E-state index contributed by atoms with van der Waals surface area (Å²) in [7, 11) is -3.80. The summed E-state index contributed by atoms with van der Waals surface area (Å²) in [6.07, 6.45) is -0.797. The van der Waals surface area contributed by atoms with E-state index >= 15 is 0 Å². The topological polar surface area (TPSA) is 116 Å². The van der Waals surface area contributed by atoms with E-state index in [0.29, 0.717) is 11.4 Å². The number of aryl methyl sites for hydroxylation is 1. The molecule has 2 rings (SSSR count). The molecule has 0 saturated carbocycles. The Hall–Kier alpha value is -2.36. The van der Waals surface area contributed by atoms with Crippen LogP contribution in [-0.4, -0.2) is 32.2 Å². The average Bonchev–Trinajstić information content (AvgIpc) is 2.63. The second-order valence-electron chi connectivity index (χ2n) is 6.10. The van der Waals surface area contributed by atoms with Crippen LogP contribution >= 0.6 is 11.8 Å². The highest BCUT2D eigenvalue weighted by atomic mass is 32.2. The number of esters is 1. The van der Waals surface area contributed by atoms with Crippen molar-refractivity contribution in [3.05, 3.63) is 54.1 Å². The molecule has 0 fully saturated rings. The van der Waals surface area contributed by atoms with Crippen LogP contribution in [-0.2, 0) is 24.3 Å². The summed E-state index contributed by atoms with van der Waals surface area (Å²) in [5.74, 6) is -0.430. The van der Waals surface area contributed by atoms with Gasteiger partial charge in [-0.2, -0.15) is 0 Å². The molecule has 7 nitrogen and oxygen atoms in total. The third-order valence-corrected chi connectivity index (χ3v) is 5.67. The van der Waals surface area contributed by atoms with Crippen LogP contribution in [0.3, 0.4) is 0 Å². The zero-order valence-electron chi connectivity index (χ0n) is 15.5. The summed E-state index contributed by atoms with van der Waals surface area (Å²) in [6, 6.07) is 13.4. The van der Waals surface area contributed by atoms with Crippen LogP contribution in [0, 0.1) is 6.92 Å². The Morgan fingerprint density at radius 3 is 2.29 bits per heavy atom. The van der Waals surface area contributed by atoms with Gasteiger partial charge in [0.25, 0.3) is 5.91 Å². The number of nitrogens with two attached hydrogens (primary N) is 1.